The Kier molecular flexibility index (Phi) is 7.00. The minimum absolute atomic E-state index is 0.138. The van der Waals surface area contributed by atoms with Gasteiger partial charge in [-0.15, -0.1) is 10.2 Å². The van der Waals surface area contributed by atoms with E-state index >= 15 is 0 Å². The Hall–Kier alpha value is -2.71. The maximum absolute atomic E-state index is 13.0. The maximum atomic E-state index is 13.0. The second kappa shape index (κ2) is 9.67. The number of aromatic nitrogens is 3. The summed E-state index contributed by atoms with van der Waals surface area (Å²) in [7, 11) is 0. The van der Waals surface area contributed by atoms with Crippen molar-refractivity contribution in [2.24, 2.45) is 5.10 Å². The SMILES string of the molecule is CCn1c(SCC(=O)N/N=C(/C)c2ccc(F)cc2)nnc1-c1ccc(Cl)cc1. The molecule has 0 bridgehead atoms. The minimum Gasteiger partial charge on any atom is -0.302 e. The second-order valence-electron chi connectivity index (χ2n) is 6.09. The van der Waals surface area contributed by atoms with Crippen molar-refractivity contribution in [3.8, 4) is 11.4 Å². The summed E-state index contributed by atoms with van der Waals surface area (Å²) in [6.07, 6.45) is 0. The molecule has 1 aromatic heterocycles. The molecule has 29 heavy (non-hydrogen) atoms. The highest BCUT2D eigenvalue weighted by molar-refractivity contribution is 7.99. The molecular weight excluding hydrogens is 413 g/mol. The monoisotopic (exact) mass is 431 g/mol. The third kappa shape index (κ3) is 5.42. The lowest BCUT2D eigenvalue weighted by molar-refractivity contribution is -0.118. The normalized spacial score (nSPS) is 11.5. The number of halogens is 2. The van der Waals surface area contributed by atoms with Crippen LogP contribution in [0.3, 0.4) is 0 Å². The first-order chi connectivity index (χ1) is 14.0. The second-order valence-corrected chi connectivity index (χ2v) is 7.46. The van der Waals surface area contributed by atoms with Crippen molar-refractivity contribution >= 4 is 35.0 Å². The number of thioether (sulfide) groups is 1. The van der Waals surface area contributed by atoms with Crippen LogP contribution in [-0.4, -0.2) is 32.1 Å². The van der Waals surface area contributed by atoms with Gasteiger partial charge in [0.2, 0.25) is 0 Å². The van der Waals surface area contributed by atoms with E-state index in [1.54, 1.807) is 31.2 Å². The first-order valence-electron chi connectivity index (χ1n) is 8.89. The summed E-state index contributed by atoms with van der Waals surface area (Å²) >= 11 is 7.22. The van der Waals surface area contributed by atoms with Crippen molar-refractivity contribution in [3.05, 3.63) is 64.9 Å². The van der Waals surface area contributed by atoms with Gasteiger partial charge in [0, 0.05) is 17.1 Å². The molecule has 150 valence electrons. The molecule has 0 aliphatic carbocycles. The fourth-order valence-electron chi connectivity index (χ4n) is 2.56. The average molecular weight is 432 g/mol. The molecule has 1 heterocycles. The number of carbonyl (C=O) groups excluding carboxylic acids is 1. The van der Waals surface area contributed by atoms with Gasteiger partial charge in [0.15, 0.2) is 11.0 Å². The van der Waals surface area contributed by atoms with Gasteiger partial charge in [0.25, 0.3) is 5.91 Å². The molecule has 1 amide bonds. The molecule has 0 radical (unpaired) electrons. The zero-order valence-corrected chi connectivity index (χ0v) is 17.5. The smallest absolute Gasteiger partial charge is 0.250 e. The fraction of sp³-hybridized carbons (Fsp3) is 0.200. The highest BCUT2D eigenvalue weighted by Gasteiger charge is 2.14. The Labute approximate surface area is 177 Å². The minimum atomic E-state index is -0.319. The van der Waals surface area contributed by atoms with Gasteiger partial charge in [-0.1, -0.05) is 35.5 Å². The van der Waals surface area contributed by atoms with Gasteiger partial charge < -0.3 is 4.57 Å². The van der Waals surface area contributed by atoms with E-state index in [1.165, 1.54) is 23.9 Å². The summed E-state index contributed by atoms with van der Waals surface area (Å²) in [6, 6.07) is 13.3. The van der Waals surface area contributed by atoms with Crippen LogP contribution in [0.25, 0.3) is 11.4 Å². The lowest BCUT2D eigenvalue weighted by Crippen LogP contribution is -2.21. The molecule has 0 spiro atoms. The number of nitrogens with one attached hydrogen (secondary N) is 1. The van der Waals surface area contributed by atoms with Crippen LogP contribution < -0.4 is 5.43 Å². The van der Waals surface area contributed by atoms with Crippen molar-refractivity contribution in [2.45, 2.75) is 25.5 Å². The van der Waals surface area contributed by atoms with Crippen LogP contribution in [0.5, 0.6) is 0 Å². The summed E-state index contributed by atoms with van der Waals surface area (Å²) in [5, 5.41) is 13.8. The summed E-state index contributed by atoms with van der Waals surface area (Å²) in [5.74, 6) is 0.270. The molecule has 3 aromatic rings. The summed E-state index contributed by atoms with van der Waals surface area (Å²) in [4.78, 5) is 12.1. The average Bonchev–Trinajstić information content (AvgIpc) is 3.14. The van der Waals surface area contributed by atoms with Crippen molar-refractivity contribution in [3.63, 3.8) is 0 Å². The van der Waals surface area contributed by atoms with Crippen molar-refractivity contribution in [1.29, 1.82) is 0 Å². The number of carbonyl (C=O) groups is 1. The zero-order chi connectivity index (χ0) is 20.8. The maximum Gasteiger partial charge on any atom is 0.250 e. The van der Waals surface area contributed by atoms with E-state index in [4.69, 9.17) is 11.6 Å². The molecule has 0 aliphatic heterocycles. The number of hydrogen-bond donors (Lipinski definition) is 1. The van der Waals surface area contributed by atoms with E-state index in [1.807, 2.05) is 23.6 Å². The third-order valence-corrected chi connectivity index (χ3v) is 5.30. The highest BCUT2D eigenvalue weighted by atomic mass is 35.5. The number of hydrogen-bond acceptors (Lipinski definition) is 5. The van der Waals surface area contributed by atoms with Gasteiger partial charge in [0.1, 0.15) is 5.82 Å². The number of hydrazone groups is 1. The van der Waals surface area contributed by atoms with E-state index in [0.29, 0.717) is 22.4 Å². The van der Waals surface area contributed by atoms with Gasteiger partial charge in [-0.25, -0.2) is 9.82 Å². The molecule has 6 nitrogen and oxygen atoms in total. The Balaban J connectivity index is 1.62. The molecule has 0 saturated carbocycles. The molecule has 0 fully saturated rings. The van der Waals surface area contributed by atoms with Crippen LogP contribution in [0.2, 0.25) is 5.02 Å². The van der Waals surface area contributed by atoms with Crippen molar-refractivity contribution in [1.82, 2.24) is 20.2 Å². The van der Waals surface area contributed by atoms with E-state index in [9.17, 15) is 9.18 Å². The van der Waals surface area contributed by atoms with Crippen molar-refractivity contribution < 1.29 is 9.18 Å². The van der Waals surface area contributed by atoms with Crippen molar-refractivity contribution in [2.75, 3.05) is 5.75 Å². The summed E-state index contributed by atoms with van der Waals surface area (Å²) in [5.41, 5.74) is 4.73. The number of amides is 1. The van der Waals surface area contributed by atoms with E-state index in [-0.39, 0.29) is 17.5 Å². The molecule has 9 heteroatoms. The summed E-state index contributed by atoms with van der Waals surface area (Å²) < 4.78 is 14.9. The number of rotatable bonds is 7. The molecule has 3 rings (SSSR count). The van der Waals surface area contributed by atoms with Gasteiger partial charge in [-0.05, 0) is 55.8 Å². The standard InChI is InChI=1S/C20H19ClFN5OS/c1-3-27-19(15-4-8-16(21)9-5-15)25-26-20(27)29-12-18(28)24-23-13(2)14-6-10-17(22)11-7-14/h4-11H,3,12H2,1-2H3,(H,24,28)/b23-13-. The van der Waals surface area contributed by atoms with E-state index < -0.39 is 0 Å². The van der Waals surface area contributed by atoms with Crippen LogP contribution in [0.4, 0.5) is 4.39 Å². The first kappa shape index (κ1) is 21.0. The van der Waals surface area contributed by atoms with Gasteiger partial charge in [-0.2, -0.15) is 5.10 Å². The predicted molar refractivity (Wildman–Crippen MR) is 114 cm³/mol. The number of nitrogens with zero attached hydrogens (tertiary/aromatic N) is 4. The van der Waals surface area contributed by atoms with Gasteiger partial charge in [-0.3, -0.25) is 4.79 Å². The van der Waals surface area contributed by atoms with E-state index in [0.717, 1.165) is 17.0 Å². The molecule has 2 aromatic carbocycles. The van der Waals surface area contributed by atoms with Crippen LogP contribution in [0.15, 0.2) is 58.8 Å². The Morgan fingerprint density at radius 3 is 2.52 bits per heavy atom. The van der Waals surface area contributed by atoms with Crippen LogP contribution >= 0.6 is 23.4 Å². The molecule has 1 N–H and O–H groups in total. The molecule has 0 saturated heterocycles. The lowest BCUT2D eigenvalue weighted by Gasteiger charge is -2.07. The van der Waals surface area contributed by atoms with Crippen LogP contribution in [0, 0.1) is 5.82 Å². The molecular formula is C20H19ClFN5OS. The Morgan fingerprint density at radius 2 is 1.86 bits per heavy atom. The topological polar surface area (TPSA) is 72.2 Å². The highest BCUT2D eigenvalue weighted by Crippen LogP contribution is 2.25. The fourth-order valence-corrected chi connectivity index (χ4v) is 3.48. The Bertz CT molecular complexity index is 1020. The molecule has 0 atom stereocenters. The lowest BCUT2D eigenvalue weighted by atomic mass is 10.1. The summed E-state index contributed by atoms with van der Waals surface area (Å²) in [6.45, 7) is 4.40. The zero-order valence-electron chi connectivity index (χ0n) is 15.9. The van der Waals surface area contributed by atoms with Gasteiger partial charge >= 0.3 is 0 Å². The first-order valence-corrected chi connectivity index (χ1v) is 10.2. The number of benzene rings is 2. The molecule has 0 aliphatic rings. The third-order valence-electron chi connectivity index (χ3n) is 4.08. The van der Waals surface area contributed by atoms with Gasteiger partial charge in [0.05, 0.1) is 11.5 Å². The van der Waals surface area contributed by atoms with Crippen LogP contribution in [-0.2, 0) is 11.3 Å². The van der Waals surface area contributed by atoms with E-state index in [2.05, 4.69) is 20.7 Å². The predicted octanol–water partition coefficient (Wildman–Crippen LogP) is 4.39. The Morgan fingerprint density at radius 1 is 1.17 bits per heavy atom. The largest absolute Gasteiger partial charge is 0.302 e. The van der Waals surface area contributed by atoms with Crippen LogP contribution in [0.1, 0.15) is 19.4 Å². The molecule has 0 unspecified atom stereocenters. The quantitative estimate of drug-likeness (QED) is 0.342.